The van der Waals surface area contributed by atoms with Gasteiger partial charge in [0.15, 0.2) is 5.65 Å². The standard InChI is InChI=1S/C19H22Cl2N5O6P/c20-13-4-2-1-3-10(13)6-22-17-12-7-23-26(18(12)25-19(21)24-17)14-5-11(15(27)16(14)28)8-32-9-33(29,30)31/h1-4,7,11,14-16,27-28H,5-6,8-9H2,(H,22,24,25)(H2,29,30,31)/t11-,14-,15+,16+/m1/s1. The number of nitrogens with one attached hydrogen (secondary N) is 1. The molecule has 4 rings (SSSR count). The third kappa shape index (κ3) is 5.47. The normalized spacial score (nSPS) is 23.3. The second kappa shape index (κ2) is 9.81. The van der Waals surface area contributed by atoms with Crippen molar-refractivity contribution in [2.24, 2.45) is 5.92 Å². The zero-order chi connectivity index (χ0) is 23.8. The Hall–Kier alpha value is -1.82. The van der Waals surface area contributed by atoms with Gasteiger partial charge >= 0.3 is 7.60 Å². The van der Waals surface area contributed by atoms with Gasteiger partial charge < -0.3 is 30.1 Å². The van der Waals surface area contributed by atoms with Gasteiger partial charge in [0.2, 0.25) is 5.28 Å². The van der Waals surface area contributed by atoms with E-state index >= 15 is 0 Å². The summed E-state index contributed by atoms with van der Waals surface area (Å²) < 4.78 is 17.5. The Labute approximate surface area is 198 Å². The number of aromatic nitrogens is 4. The molecule has 0 bridgehead atoms. The molecular formula is C19H22Cl2N5O6P. The molecule has 4 atom stereocenters. The van der Waals surface area contributed by atoms with Gasteiger partial charge in [-0.15, -0.1) is 0 Å². The zero-order valence-corrected chi connectivity index (χ0v) is 19.5. The average molecular weight is 518 g/mol. The molecule has 0 saturated heterocycles. The van der Waals surface area contributed by atoms with E-state index in [0.29, 0.717) is 28.4 Å². The van der Waals surface area contributed by atoms with Gasteiger partial charge in [0, 0.05) is 17.5 Å². The predicted molar refractivity (Wildman–Crippen MR) is 121 cm³/mol. The molecule has 178 valence electrons. The molecule has 1 saturated carbocycles. The maximum atomic E-state index is 11.0. The monoisotopic (exact) mass is 517 g/mol. The number of hydrogen-bond donors (Lipinski definition) is 5. The van der Waals surface area contributed by atoms with Crippen LogP contribution < -0.4 is 5.32 Å². The van der Waals surface area contributed by atoms with Gasteiger partial charge in [0.25, 0.3) is 0 Å². The van der Waals surface area contributed by atoms with E-state index < -0.39 is 38.1 Å². The van der Waals surface area contributed by atoms with Gasteiger partial charge in [0.05, 0.1) is 30.3 Å². The smallest absolute Gasteiger partial charge is 0.350 e. The first-order valence-electron chi connectivity index (χ1n) is 10.0. The summed E-state index contributed by atoms with van der Waals surface area (Å²) in [5, 5.41) is 29.7. The molecule has 1 aliphatic carbocycles. The van der Waals surface area contributed by atoms with Gasteiger partial charge in [0.1, 0.15) is 18.3 Å². The summed E-state index contributed by atoms with van der Waals surface area (Å²) in [6.07, 6.45) is -1.32. The van der Waals surface area contributed by atoms with Gasteiger partial charge in [-0.1, -0.05) is 29.8 Å². The van der Waals surface area contributed by atoms with Crippen molar-refractivity contribution in [1.82, 2.24) is 19.7 Å². The number of fused-ring (bicyclic) bond motifs is 1. The van der Waals surface area contributed by atoms with Crippen LogP contribution in [0.5, 0.6) is 0 Å². The van der Waals surface area contributed by atoms with Crippen molar-refractivity contribution in [3.63, 3.8) is 0 Å². The van der Waals surface area contributed by atoms with Crippen LogP contribution in [-0.4, -0.2) is 64.9 Å². The van der Waals surface area contributed by atoms with E-state index in [2.05, 4.69) is 20.4 Å². The molecule has 33 heavy (non-hydrogen) atoms. The third-order valence-electron chi connectivity index (χ3n) is 5.51. The van der Waals surface area contributed by atoms with E-state index in [-0.39, 0.29) is 18.3 Å². The third-order valence-corrected chi connectivity index (χ3v) is 6.56. The highest BCUT2D eigenvalue weighted by Gasteiger charge is 2.43. The van der Waals surface area contributed by atoms with Crippen molar-refractivity contribution >= 4 is 47.6 Å². The van der Waals surface area contributed by atoms with Crippen molar-refractivity contribution in [3.8, 4) is 0 Å². The van der Waals surface area contributed by atoms with Crippen molar-refractivity contribution in [2.45, 2.75) is 31.2 Å². The molecule has 0 aliphatic heterocycles. The minimum atomic E-state index is -4.33. The fourth-order valence-corrected chi connectivity index (χ4v) is 4.64. The van der Waals surface area contributed by atoms with Crippen LogP contribution in [0.2, 0.25) is 10.3 Å². The van der Waals surface area contributed by atoms with Crippen molar-refractivity contribution in [1.29, 1.82) is 0 Å². The van der Waals surface area contributed by atoms with Crippen LogP contribution in [0.1, 0.15) is 18.0 Å². The lowest BCUT2D eigenvalue weighted by Gasteiger charge is -2.18. The van der Waals surface area contributed by atoms with Crippen LogP contribution in [0.15, 0.2) is 30.5 Å². The van der Waals surface area contributed by atoms with Gasteiger partial charge in [-0.05, 0) is 29.7 Å². The number of halogens is 2. The minimum absolute atomic E-state index is 0.0273. The summed E-state index contributed by atoms with van der Waals surface area (Å²) >= 11 is 12.4. The molecule has 5 N–H and O–H groups in total. The fraction of sp³-hybridized carbons (Fsp3) is 0.421. The molecule has 0 amide bonds. The molecule has 1 aromatic carbocycles. The van der Waals surface area contributed by atoms with Crippen molar-refractivity contribution < 1.29 is 29.3 Å². The molecule has 14 heteroatoms. The maximum Gasteiger partial charge on any atom is 0.350 e. The maximum absolute atomic E-state index is 11.0. The Morgan fingerprint density at radius 2 is 1.94 bits per heavy atom. The Morgan fingerprint density at radius 1 is 1.18 bits per heavy atom. The summed E-state index contributed by atoms with van der Waals surface area (Å²) in [4.78, 5) is 26.4. The Morgan fingerprint density at radius 3 is 2.67 bits per heavy atom. The van der Waals surface area contributed by atoms with Crippen LogP contribution >= 0.6 is 30.8 Å². The number of aliphatic hydroxyl groups excluding tert-OH is 2. The van der Waals surface area contributed by atoms with Crippen LogP contribution in [-0.2, 0) is 15.8 Å². The van der Waals surface area contributed by atoms with E-state index in [4.69, 9.17) is 37.7 Å². The number of rotatable bonds is 8. The highest BCUT2D eigenvalue weighted by Crippen LogP contribution is 2.39. The topological polar surface area (TPSA) is 163 Å². The number of aliphatic hydroxyl groups is 2. The minimum Gasteiger partial charge on any atom is -0.390 e. The molecule has 11 nitrogen and oxygen atoms in total. The molecule has 2 heterocycles. The lowest BCUT2D eigenvalue weighted by Crippen LogP contribution is -2.31. The number of benzene rings is 1. The van der Waals surface area contributed by atoms with Crippen LogP contribution in [0.25, 0.3) is 11.0 Å². The summed E-state index contributed by atoms with van der Waals surface area (Å²) in [6, 6.07) is 6.72. The first-order valence-corrected chi connectivity index (χ1v) is 12.6. The van der Waals surface area contributed by atoms with Gasteiger partial charge in [-0.25, -0.2) is 4.68 Å². The first-order chi connectivity index (χ1) is 15.6. The number of anilines is 1. The number of nitrogens with zero attached hydrogens (tertiary/aromatic N) is 4. The average Bonchev–Trinajstić information content (AvgIpc) is 3.28. The lowest BCUT2D eigenvalue weighted by atomic mass is 10.1. The lowest BCUT2D eigenvalue weighted by molar-refractivity contribution is -0.0127. The molecular weight excluding hydrogens is 496 g/mol. The van der Waals surface area contributed by atoms with E-state index in [1.165, 1.54) is 10.9 Å². The second-order valence-electron chi connectivity index (χ2n) is 7.82. The quantitative estimate of drug-likeness (QED) is 0.221. The number of ether oxygens (including phenoxy) is 1. The molecule has 1 fully saturated rings. The molecule has 0 unspecified atom stereocenters. The second-order valence-corrected chi connectivity index (χ2v) is 10.2. The molecule has 3 aromatic rings. The highest BCUT2D eigenvalue weighted by molar-refractivity contribution is 7.51. The summed E-state index contributed by atoms with van der Waals surface area (Å²) in [7, 11) is -4.33. The largest absolute Gasteiger partial charge is 0.390 e. The van der Waals surface area contributed by atoms with E-state index in [1.54, 1.807) is 6.07 Å². The molecule has 1 aliphatic rings. The Bertz CT molecular complexity index is 1190. The predicted octanol–water partition coefficient (Wildman–Crippen LogP) is 2.18. The number of hydrogen-bond acceptors (Lipinski definition) is 8. The van der Waals surface area contributed by atoms with Gasteiger partial charge in [-0.3, -0.25) is 4.57 Å². The van der Waals surface area contributed by atoms with Gasteiger partial charge in [-0.2, -0.15) is 15.1 Å². The van der Waals surface area contributed by atoms with Crippen LogP contribution in [0.4, 0.5) is 5.82 Å². The van der Waals surface area contributed by atoms with Crippen LogP contribution in [0.3, 0.4) is 0 Å². The van der Waals surface area contributed by atoms with Crippen LogP contribution in [0, 0.1) is 5.92 Å². The zero-order valence-electron chi connectivity index (χ0n) is 17.1. The molecule has 2 aromatic heterocycles. The van der Waals surface area contributed by atoms with E-state index in [1.807, 2.05) is 18.2 Å². The summed E-state index contributed by atoms with van der Waals surface area (Å²) in [6.45, 7) is 0.260. The van der Waals surface area contributed by atoms with E-state index in [0.717, 1.165) is 5.56 Å². The summed E-state index contributed by atoms with van der Waals surface area (Å²) in [5.41, 5.74) is 1.23. The van der Waals surface area contributed by atoms with E-state index in [9.17, 15) is 14.8 Å². The summed E-state index contributed by atoms with van der Waals surface area (Å²) in [5.74, 6) is -0.114. The molecule has 0 spiro atoms. The fourth-order valence-electron chi connectivity index (χ4n) is 3.93. The molecule has 0 radical (unpaired) electrons. The van der Waals surface area contributed by atoms with Crippen molar-refractivity contribution in [3.05, 3.63) is 46.3 Å². The van der Waals surface area contributed by atoms with Crippen molar-refractivity contribution in [2.75, 3.05) is 18.3 Å². The Balaban J connectivity index is 1.55. The Kier molecular flexibility index (Phi) is 7.23. The SMILES string of the molecule is O=P(O)(O)COC[C@H]1C[C@@H](n2ncc3c(NCc4ccccc4Cl)nc(Cl)nc32)[C@H](O)[C@H]1O. The highest BCUT2D eigenvalue weighted by atomic mass is 35.5. The first kappa shape index (κ1) is 24.3.